The number of aromatic nitrogens is 1. The van der Waals surface area contributed by atoms with Crippen LogP contribution in [-0.4, -0.2) is 23.0 Å². The third kappa shape index (κ3) is 3.65. The van der Waals surface area contributed by atoms with Crippen molar-refractivity contribution >= 4 is 28.5 Å². The van der Waals surface area contributed by atoms with Gasteiger partial charge in [-0.2, -0.15) is 0 Å². The number of amides is 1. The lowest BCUT2D eigenvalue weighted by molar-refractivity contribution is -0.123. The molecule has 7 heteroatoms. The second kappa shape index (κ2) is 6.72. The van der Waals surface area contributed by atoms with Gasteiger partial charge in [0.15, 0.2) is 6.10 Å². The molecule has 0 aliphatic heterocycles. The number of hydrogen-bond acceptors (Lipinski definition) is 3. The number of esters is 1. The number of carbonyl (C=O) groups excluding carboxylic acids is 2. The van der Waals surface area contributed by atoms with Crippen molar-refractivity contribution in [2.75, 3.05) is 5.32 Å². The summed E-state index contributed by atoms with van der Waals surface area (Å²) in [6.07, 6.45) is -1.16. The van der Waals surface area contributed by atoms with Crippen LogP contribution in [0.2, 0.25) is 0 Å². The molecular formula is C18H14F2N2O3. The highest BCUT2D eigenvalue weighted by Crippen LogP contribution is 2.17. The highest BCUT2D eigenvalue weighted by atomic mass is 19.1. The topological polar surface area (TPSA) is 71.2 Å². The molecule has 0 bridgehead atoms. The molecule has 1 atom stereocenters. The first-order valence-electron chi connectivity index (χ1n) is 7.48. The van der Waals surface area contributed by atoms with Crippen molar-refractivity contribution in [1.29, 1.82) is 0 Å². The molecule has 25 heavy (non-hydrogen) atoms. The van der Waals surface area contributed by atoms with Crippen LogP contribution in [-0.2, 0) is 9.53 Å². The number of benzene rings is 2. The van der Waals surface area contributed by atoms with Crippen LogP contribution in [0.15, 0.2) is 48.5 Å². The van der Waals surface area contributed by atoms with E-state index in [-0.39, 0.29) is 11.4 Å². The molecule has 3 rings (SSSR count). The number of anilines is 1. The summed E-state index contributed by atoms with van der Waals surface area (Å²) in [5, 5.41) is 3.09. The summed E-state index contributed by atoms with van der Waals surface area (Å²) in [5.74, 6) is -3.11. The maximum atomic E-state index is 13.6. The van der Waals surface area contributed by atoms with E-state index in [1.807, 2.05) is 18.2 Å². The largest absolute Gasteiger partial charge is 0.448 e. The van der Waals surface area contributed by atoms with Crippen LogP contribution >= 0.6 is 0 Å². The third-order valence-electron chi connectivity index (χ3n) is 3.59. The van der Waals surface area contributed by atoms with Gasteiger partial charge in [-0.3, -0.25) is 4.79 Å². The number of ether oxygens (including phenoxy) is 1. The van der Waals surface area contributed by atoms with Crippen molar-refractivity contribution in [1.82, 2.24) is 4.98 Å². The van der Waals surface area contributed by atoms with Crippen LogP contribution in [0.5, 0.6) is 0 Å². The molecule has 0 saturated carbocycles. The summed E-state index contributed by atoms with van der Waals surface area (Å²) in [6.45, 7) is 1.36. The lowest BCUT2D eigenvalue weighted by atomic mass is 10.2. The summed E-state index contributed by atoms with van der Waals surface area (Å²) in [7, 11) is 0. The van der Waals surface area contributed by atoms with E-state index in [0.717, 1.165) is 23.0 Å². The summed E-state index contributed by atoms with van der Waals surface area (Å²) in [6, 6.07) is 11.7. The SMILES string of the molecule is C[C@@H](OC(=O)c1cc2ccccc2[nH]1)C(=O)Nc1ccc(F)cc1F. The van der Waals surface area contributed by atoms with E-state index in [0.29, 0.717) is 6.07 Å². The zero-order chi connectivity index (χ0) is 18.0. The lowest BCUT2D eigenvalue weighted by Gasteiger charge is -2.13. The Morgan fingerprint density at radius 3 is 2.60 bits per heavy atom. The quantitative estimate of drug-likeness (QED) is 0.710. The number of rotatable bonds is 4. The van der Waals surface area contributed by atoms with Crippen LogP contribution in [0, 0.1) is 11.6 Å². The van der Waals surface area contributed by atoms with Crippen LogP contribution in [0.1, 0.15) is 17.4 Å². The molecule has 0 spiro atoms. The Morgan fingerprint density at radius 1 is 1.12 bits per heavy atom. The molecule has 128 valence electrons. The van der Waals surface area contributed by atoms with Crippen molar-refractivity contribution in [2.45, 2.75) is 13.0 Å². The van der Waals surface area contributed by atoms with Crippen LogP contribution in [0.4, 0.5) is 14.5 Å². The standard InChI is InChI=1S/C18H14F2N2O3/c1-10(17(23)22-15-7-6-12(19)9-13(15)20)25-18(24)16-8-11-4-2-3-5-14(11)21-16/h2-10,21H,1H3,(H,22,23)/t10-/m1/s1. The first-order chi connectivity index (χ1) is 11.9. The minimum absolute atomic E-state index is 0.195. The Morgan fingerprint density at radius 2 is 1.88 bits per heavy atom. The average molecular weight is 344 g/mol. The minimum Gasteiger partial charge on any atom is -0.448 e. The number of aromatic amines is 1. The van der Waals surface area contributed by atoms with Gasteiger partial charge < -0.3 is 15.0 Å². The smallest absolute Gasteiger partial charge is 0.355 e. The maximum Gasteiger partial charge on any atom is 0.355 e. The second-order valence-corrected chi connectivity index (χ2v) is 5.43. The van der Waals surface area contributed by atoms with Crippen molar-refractivity contribution in [3.05, 3.63) is 65.9 Å². The molecule has 2 N–H and O–H groups in total. The Kier molecular flexibility index (Phi) is 4.47. The molecule has 1 heterocycles. The monoisotopic (exact) mass is 344 g/mol. The number of carbonyl (C=O) groups is 2. The molecule has 0 saturated heterocycles. The summed E-state index contributed by atoms with van der Waals surface area (Å²) >= 11 is 0. The molecular weight excluding hydrogens is 330 g/mol. The van der Waals surface area contributed by atoms with Gasteiger partial charge in [-0.15, -0.1) is 0 Å². The Labute approximate surface area is 141 Å². The zero-order valence-corrected chi connectivity index (χ0v) is 13.2. The highest BCUT2D eigenvalue weighted by molar-refractivity contribution is 5.98. The molecule has 0 aliphatic carbocycles. The average Bonchev–Trinajstić information content (AvgIpc) is 3.01. The molecule has 2 aromatic carbocycles. The molecule has 0 unspecified atom stereocenters. The van der Waals surface area contributed by atoms with Gasteiger partial charge in [0.25, 0.3) is 5.91 Å². The lowest BCUT2D eigenvalue weighted by Crippen LogP contribution is -2.30. The predicted molar refractivity (Wildman–Crippen MR) is 88.2 cm³/mol. The second-order valence-electron chi connectivity index (χ2n) is 5.43. The highest BCUT2D eigenvalue weighted by Gasteiger charge is 2.21. The van der Waals surface area contributed by atoms with Crippen LogP contribution < -0.4 is 5.32 Å². The molecule has 1 aromatic heterocycles. The molecule has 1 amide bonds. The van der Waals surface area contributed by atoms with E-state index in [1.54, 1.807) is 12.1 Å². The first-order valence-corrected chi connectivity index (χ1v) is 7.48. The Hall–Kier alpha value is -3.22. The van der Waals surface area contributed by atoms with E-state index in [4.69, 9.17) is 4.74 Å². The molecule has 0 fully saturated rings. The van der Waals surface area contributed by atoms with E-state index in [2.05, 4.69) is 10.3 Å². The third-order valence-corrected chi connectivity index (χ3v) is 3.59. The van der Waals surface area contributed by atoms with Gasteiger partial charge in [0.2, 0.25) is 0 Å². The van der Waals surface area contributed by atoms with Gasteiger partial charge in [-0.05, 0) is 31.2 Å². The van der Waals surface area contributed by atoms with Gasteiger partial charge in [0.1, 0.15) is 17.3 Å². The van der Waals surface area contributed by atoms with E-state index >= 15 is 0 Å². The van der Waals surface area contributed by atoms with Crippen molar-refractivity contribution in [3.63, 3.8) is 0 Å². The number of fused-ring (bicyclic) bond motifs is 1. The zero-order valence-electron chi connectivity index (χ0n) is 13.2. The van der Waals surface area contributed by atoms with Gasteiger partial charge in [-0.25, -0.2) is 13.6 Å². The van der Waals surface area contributed by atoms with E-state index < -0.39 is 29.6 Å². The van der Waals surface area contributed by atoms with E-state index in [1.165, 1.54) is 6.92 Å². The molecule has 0 aliphatic rings. The van der Waals surface area contributed by atoms with E-state index in [9.17, 15) is 18.4 Å². The van der Waals surface area contributed by atoms with Gasteiger partial charge in [0, 0.05) is 17.0 Å². The van der Waals surface area contributed by atoms with Crippen molar-refractivity contribution in [3.8, 4) is 0 Å². The fraction of sp³-hybridized carbons (Fsp3) is 0.111. The first kappa shape index (κ1) is 16.6. The Bertz CT molecular complexity index is 919. The van der Waals surface area contributed by atoms with Gasteiger partial charge in [0.05, 0.1) is 5.69 Å². The Balaban J connectivity index is 1.67. The van der Waals surface area contributed by atoms with Crippen molar-refractivity contribution < 1.29 is 23.1 Å². The summed E-state index contributed by atoms with van der Waals surface area (Å²) in [5.41, 5.74) is 0.772. The number of nitrogens with one attached hydrogen (secondary N) is 2. The normalized spacial score (nSPS) is 12.0. The number of para-hydroxylation sites is 1. The fourth-order valence-corrected chi connectivity index (χ4v) is 2.29. The van der Waals surface area contributed by atoms with Gasteiger partial charge >= 0.3 is 5.97 Å². The number of H-pyrrole nitrogens is 1. The molecule has 5 nitrogen and oxygen atoms in total. The summed E-state index contributed by atoms with van der Waals surface area (Å²) < 4.78 is 31.5. The molecule has 3 aromatic rings. The molecule has 0 radical (unpaired) electrons. The van der Waals surface area contributed by atoms with Gasteiger partial charge in [-0.1, -0.05) is 18.2 Å². The predicted octanol–water partition coefficient (Wildman–Crippen LogP) is 3.63. The van der Waals surface area contributed by atoms with Crippen LogP contribution in [0.3, 0.4) is 0 Å². The van der Waals surface area contributed by atoms with Crippen molar-refractivity contribution in [2.24, 2.45) is 0 Å². The minimum atomic E-state index is -1.16. The van der Waals surface area contributed by atoms with Crippen LogP contribution in [0.25, 0.3) is 10.9 Å². The maximum absolute atomic E-state index is 13.6. The summed E-state index contributed by atoms with van der Waals surface area (Å²) in [4.78, 5) is 27.1. The fourth-order valence-electron chi connectivity index (χ4n) is 2.29. The number of halogens is 2. The number of hydrogen-bond donors (Lipinski definition) is 2.